The Hall–Kier alpha value is -2.72. The molecule has 1 aromatic heterocycles. The number of hydrogen-bond acceptors (Lipinski definition) is 4. The fraction of sp³-hybridized carbons (Fsp3) is 0.304. The minimum atomic E-state index is -0.0234. The van der Waals surface area contributed by atoms with E-state index in [0.29, 0.717) is 17.9 Å². The predicted molar refractivity (Wildman–Crippen MR) is 106 cm³/mol. The Kier molecular flexibility index (Phi) is 5.16. The Bertz CT molecular complexity index is 975. The summed E-state index contributed by atoms with van der Waals surface area (Å²) in [5.41, 5.74) is 3.18. The van der Waals surface area contributed by atoms with Crippen molar-refractivity contribution in [1.82, 2.24) is 4.98 Å². The monoisotopic (exact) mass is 361 g/mol. The predicted octanol–water partition coefficient (Wildman–Crippen LogP) is 4.77. The highest BCUT2D eigenvalue weighted by Gasteiger charge is 2.26. The van der Waals surface area contributed by atoms with Crippen molar-refractivity contribution in [3.05, 3.63) is 59.9 Å². The van der Waals surface area contributed by atoms with E-state index in [1.807, 2.05) is 42.5 Å². The molecule has 27 heavy (non-hydrogen) atoms. The Balaban J connectivity index is 1.54. The molecule has 0 saturated heterocycles. The first-order valence-corrected chi connectivity index (χ1v) is 9.60. The van der Waals surface area contributed by atoms with Gasteiger partial charge in [-0.3, -0.25) is 9.78 Å². The zero-order valence-electron chi connectivity index (χ0n) is 15.3. The molecule has 2 aromatic carbocycles. The van der Waals surface area contributed by atoms with E-state index in [4.69, 9.17) is 9.84 Å². The Morgan fingerprint density at radius 1 is 0.889 bits per heavy atom. The number of nitrogens with zero attached hydrogens (tertiary/aromatic N) is 1. The van der Waals surface area contributed by atoms with E-state index >= 15 is 0 Å². The zero-order valence-corrected chi connectivity index (χ0v) is 15.3. The average Bonchev–Trinajstić information content (AvgIpc) is 2.71. The molecule has 0 radical (unpaired) electrons. The summed E-state index contributed by atoms with van der Waals surface area (Å²) in [7, 11) is 0. The van der Waals surface area contributed by atoms with Crippen molar-refractivity contribution in [2.24, 2.45) is 0 Å². The molecule has 1 aliphatic carbocycles. The molecular weight excluding hydrogens is 338 g/mol. The smallest absolute Gasteiger partial charge is 0.212 e. The Morgan fingerprint density at radius 2 is 1.74 bits per heavy atom. The number of ketones is 1. The number of aliphatic hydroxyl groups excluding tert-OH is 1. The first-order valence-electron chi connectivity index (χ1n) is 9.60. The van der Waals surface area contributed by atoms with E-state index in [9.17, 15) is 4.79 Å². The lowest BCUT2D eigenvalue weighted by Gasteiger charge is -2.19. The molecule has 0 aliphatic heterocycles. The first kappa shape index (κ1) is 17.7. The molecule has 0 spiro atoms. The van der Waals surface area contributed by atoms with Gasteiger partial charge in [0.15, 0.2) is 0 Å². The molecule has 138 valence electrons. The maximum absolute atomic E-state index is 12.9. The zero-order chi connectivity index (χ0) is 18.6. The highest BCUT2D eigenvalue weighted by atomic mass is 16.5. The summed E-state index contributed by atoms with van der Waals surface area (Å²) in [4.78, 5) is 17.2. The lowest BCUT2D eigenvalue weighted by atomic mass is 9.85. The minimum absolute atomic E-state index is 0.0234. The van der Waals surface area contributed by atoms with Crippen molar-refractivity contribution in [2.45, 2.75) is 32.1 Å². The number of benzene rings is 2. The maximum Gasteiger partial charge on any atom is 0.212 e. The molecule has 0 atom stereocenters. The Morgan fingerprint density at radius 3 is 2.63 bits per heavy atom. The lowest BCUT2D eigenvalue weighted by Crippen LogP contribution is -2.12. The highest BCUT2D eigenvalue weighted by Crippen LogP contribution is 2.39. The fourth-order valence-electron chi connectivity index (χ4n) is 3.72. The van der Waals surface area contributed by atoms with Crippen LogP contribution < -0.4 is 4.74 Å². The van der Waals surface area contributed by atoms with Crippen LogP contribution in [0.3, 0.4) is 0 Å². The summed E-state index contributed by atoms with van der Waals surface area (Å²) in [6, 6.07) is 13.7. The number of carbonyl (C=O) groups is 1. The average molecular weight is 361 g/mol. The number of pyridine rings is 1. The van der Waals surface area contributed by atoms with E-state index in [2.05, 4.69) is 4.98 Å². The summed E-state index contributed by atoms with van der Waals surface area (Å²) in [6.45, 7) is 0.934. The van der Waals surface area contributed by atoms with Crippen molar-refractivity contribution in [2.75, 3.05) is 13.2 Å². The molecule has 4 nitrogen and oxygen atoms in total. The fourth-order valence-corrected chi connectivity index (χ4v) is 3.72. The number of ether oxygens (including phenoxy) is 1. The van der Waals surface area contributed by atoms with Crippen LogP contribution in [0.25, 0.3) is 21.9 Å². The van der Waals surface area contributed by atoms with Gasteiger partial charge in [0.05, 0.1) is 6.61 Å². The van der Waals surface area contributed by atoms with Crippen LogP contribution in [-0.4, -0.2) is 29.1 Å². The minimum Gasteiger partial charge on any atom is -0.494 e. The molecule has 1 heterocycles. The summed E-state index contributed by atoms with van der Waals surface area (Å²) in [5.74, 6) is 0.769. The van der Waals surface area contributed by atoms with Gasteiger partial charge in [-0.15, -0.1) is 0 Å². The summed E-state index contributed by atoms with van der Waals surface area (Å²) < 4.78 is 5.92. The summed E-state index contributed by atoms with van der Waals surface area (Å²) in [5, 5.41) is 10.8. The lowest BCUT2D eigenvalue weighted by molar-refractivity contribution is 0.103. The van der Waals surface area contributed by atoms with Gasteiger partial charge in [-0.2, -0.15) is 0 Å². The Labute approximate surface area is 158 Å². The van der Waals surface area contributed by atoms with Crippen LogP contribution in [0.4, 0.5) is 0 Å². The van der Waals surface area contributed by atoms with E-state index in [-0.39, 0.29) is 12.4 Å². The number of hydrogen-bond donors (Lipinski definition) is 1. The molecule has 0 saturated carbocycles. The summed E-state index contributed by atoms with van der Waals surface area (Å²) >= 11 is 0. The van der Waals surface area contributed by atoms with Gasteiger partial charge in [0, 0.05) is 23.8 Å². The van der Waals surface area contributed by atoms with Gasteiger partial charge >= 0.3 is 0 Å². The number of aromatic nitrogens is 1. The number of aliphatic hydroxyl groups is 1. The largest absolute Gasteiger partial charge is 0.494 e. The normalized spacial score (nSPS) is 12.3. The number of unbranched alkanes of at least 4 members (excludes halogenated alkanes) is 4. The molecule has 0 fully saturated rings. The van der Waals surface area contributed by atoms with Gasteiger partial charge in [-0.1, -0.05) is 37.5 Å². The van der Waals surface area contributed by atoms with Crippen molar-refractivity contribution in [1.29, 1.82) is 0 Å². The quantitative estimate of drug-likeness (QED) is 0.459. The van der Waals surface area contributed by atoms with Crippen molar-refractivity contribution >= 4 is 16.6 Å². The number of fused-ring (bicyclic) bond motifs is 2. The third-order valence-corrected chi connectivity index (χ3v) is 5.10. The van der Waals surface area contributed by atoms with Gasteiger partial charge in [0.1, 0.15) is 11.4 Å². The molecule has 1 aliphatic rings. The molecule has 4 rings (SSSR count). The van der Waals surface area contributed by atoms with Crippen molar-refractivity contribution in [3.8, 4) is 16.9 Å². The van der Waals surface area contributed by atoms with Crippen molar-refractivity contribution in [3.63, 3.8) is 0 Å². The van der Waals surface area contributed by atoms with Crippen LogP contribution >= 0.6 is 0 Å². The molecule has 4 heteroatoms. The molecule has 0 bridgehead atoms. The first-order chi connectivity index (χ1) is 13.3. The molecule has 0 unspecified atom stereocenters. The van der Waals surface area contributed by atoms with Crippen LogP contribution in [0.15, 0.2) is 48.7 Å². The number of carbonyl (C=O) groups excluding carboxylic acids is 1. The van der Waals surface area contributed by atoms with Crippen LogP contribution in [0.2, 0.25) is 0 Å². The van der Waals surface area contributed by atoms with E-state index in [0.717, 1.165) is 59.8 Å². The van der Waals surface area contributed by atoms with Gasteiger partial charge in [0.25, 0.3) is 0 Å². The second-order valence-corrected chi connectivity index (χ2v) is 6.94. The number of rotatable bonds is 8. The second-order valence-electron chi connectivity index (χ2n) is 6.94. The SMILES string of the molecule is O=C1c2ccc(OCCCCCCCO)cc2-c2cccc3ccnc1c23. The summed E-state index contributed by atoms with van der Waals surface area (Å²) in [6.07, 6.45) is 6.85. The van der Waals surface area contributed by atoms with Crippen molar-refractivity contribution < 1.29 is 14.6 Å². The van der Waals surface area contributed by atoms with Crippen LogP contribution in [0.5, 0.6) is 5.75 Å². The topological polar surface area (TPSA) is 59.4 Å². The second kappa shape index (κ2) is 7.89. The molecule has 0 amide bonds. The van der Waals surface area contributed by atoms with E-state index < -0.39 is 0 Å². The standard InChI is InChI=1S/C23H23NO3/c25-13-4-2-1-3-5-14-27-17-9-10-19-20(15-17)18-8-6-7-16-11-12-24-22(21(16)18)23(19)26/h6-12,15,25H,1-5,13-14H2. The molecule has 3 aromatic rings. The van der Waals surface area contributed by atoms with Crippen LogP contribution in [0, 0.1) is 0 Å². The third kappa shape index (κ3) is 3.45. The molecule has 1 N–H and O–H groups in total. The third-order valence-electron chi connectivity index (χ3n) is 5.10. The van der Waals surface area contributed by atoms with Crippen LogP contribution in [0.1, 0.15) is 48.2 Å². The van der Waals surface area contributed by atoms with Gasteiger partial charge < -0.3 is 9.84 Å². The maximum atomic E-state index is 12.9. The van der Waals surface area contributed by atoms with Gasteiger partial charge in [0.2, 0.25) is 5.78 Å². The molecular formula is C23H23NO3. The van der Waals surface area contributed by atoms with E-state index in [1.165, 1.54) is 0 Å². The van der Waals surface area contributed by atoms with Crippen LogP contribution in [-0.2, 0) is 0 Å². The van der Waals surface area contributed by atoms with Gasteiger partial charge in [-0.25, -0.2) is 0 Å². The van der Waals surface area contributed by atoms with E-state index in [1.54, 1.807) is 6.20 Å². The highest BCUT2D eigenvalue weighted by molar-refractivity contribution is 6.24. The van der Waals surface area contributed by atoms with Gasteiger partial charge in [-0.05, 0) is 53.6 Å².